The summed E-state index contributed by atoms with van der Waals surface area (Å²) in [5.41, 5.74) is 0.477. The molecule has 1 rings (SSSR count). The first kappa shape index (κ1) is 11.7. The quantitative estimate of drug-likeness (QED) is 0.568. The Morgan fingerprint density at radius 2 is 1.86 bits per heavy atom. The zero-order valence-electron chi connectivity index (χ0n) is 7.24. The molecule has 0 aromatic heterocycles. The van der Waals surface area contributed by atoms with Gasteiger partial charge in [-0.15, -0.1) is 0 Å². The summed E-state index contributed by atoms with van der Waals surface area (Å²) in [5, 5.41) is 0.366. The molecule has 0 bridgehead atoms. The van der Waals surface area contributed by atoms with Crippen molar-refractivity contribution in [2.24, 2.45) is 0 Å². The Labute approximate surface area is 94.7 Å². The smallest absolute Gasteiger partial charge is 0.145 e. The van der Waals surface area contributed by atoms with Crippen LogP contribution in [0.5, 0.6) is 0 Å². The molecule has 0 radical (unpaired) electrons. The van der Waals surface area contributed by atoms with E-state index >= 15 is 0 Å². The number of allylic oxidation sites excluding steroid dienone is 1. The summed E-state index contributed by atoms with van der Waals surface area (Å²) in [6, 6.07) is 2.41. The van der Waals surface area contributed by atoms with E-state index < -0.39 is 16.7 Å². The van der Waals surface area contributed by atoms with Crippen molar-refractivity contribution in [3.8, 4) is 0 Å². The van der Waals surface area contributed by atoms with E-state index in [-0.39, 0.29) is 0 Å². The Bertz CT molecular complexity index is 327. The van der Waals surface area contributed by atoms with Crippen LogP contribution in [-0.2, 0) is 0 Å². The molecule has 0 heterocycles. The second-order valence-electron chi connectivity index (χ2n) is 2.68. The lowest BCUT2D eigenvalue weighted by molar-refractivity contribution is 0.583. The normalized spacial score (nSPS) is 11.1. The van der Waals surface area contributed by atoms with Crippen molar-refractivity contribution in [2.75, 3.05) is 5.33 Å². The molecule has 0 amide bonds. The second kappa shape index (κ2) is 5.47. The van der Waals surface area contributed by atoms with Crippen LogP contribution >= 0.6 is 27.5 Å². The minimum Gasteiger partial charge on any atom is -0.205 e. The van der Waals surface area contributed by atoms with Crippen LogP contribution < -0.4 is 0 Å². The Kier molecular flexibility index (Phi) is 4.55. The Morgan fingerprint density at radius 1 is 1.29 bits per heavy atom. The van der Waals surface area contributed by atoms with E-state index in [1.165, 1.54) is 12.1 Å². The highest BCUT2D eigenvalue weighted by Crippen LogP contribution is 2.21. The van der Waals surface area contributed by atoms with Crippen LogP contribution in [0.4, 0.5) is 8.78 Å². The van der Waals surface area contributed by atoms with E-state index in [2.05, 4.69) is 15.9 Å². The number of rotatable bonds is 3. The van der Waals surface area contributed by atoms with E-state index in [4.69, 9.17) is 11.6 Å². The first-order valence-electron chi connectivity index (χ1n) is 4.02. The topological polar surface area (TPSA) is 0 Å². The summed E-state index contributed by atoms with van der Waals surface area (Å²) in [7, 11) is 0. The lowest BCUT2D eigenvalue weighted by Gasteiger charge is -1.98. The molecular weight excluding hydrogens is 273 g/mol. The highest BCUT2D eigenvalue weighted by molar-refractivity contribution is 9.09. The Morgan fingerprint density at radius 3 is 2.36 bits per heavy atom. The van der Waals surface area contributed by atoms with Crippen LogP contribution in [0, 0.1) is 11.6 Å². The van der Waals surface area contributed by atoms with Crippen molar-refractivity contribution in [1.29, 1.82) is 0 Å². The molecule has 0 fully saturated rings. The van der Waals surface area contributed by atoms with Gasteiger partial charge < -0.3 is 0 Å². The molecule has 1 aromatic rings. The zero-order chi connectivity index (χ0) is 10.6. The van der Waals surface area contributed by atoms with Crippen LogP contribution in [0.2, 0.25) is 5.02 Å². The zero-order valence-corrected chi connectivity index (χ0v) is 9.58. The van der Waals surface area contributed by atoms with Gasteiger partial charge in [-0.3, -0.25) is 0 Å². The molecule has 76 valence electrons. The van der Waals surface area contributed by atoms with Gasteiger partial charge in [0.15, 0.2) is 0 Å². The number of halogens is 4. The maximum atomic E-state index is 12.9. The summed E-state index contributed by atoms with van der Waals surface area (Å²) in [5.74, 6) is -1.46. The van der Waals surface area contributed by atoms with Crippen LogP contribution in [0.25, 0.3) is 6.08 Å². The van der Waals surface area contributed by atoms with Crippen molar-refractivity contribution >= 4 is 33.6 Å². The predicted molar refractivity (Wildman–Crippen MR) is 58.8 cm³/mol. The fourth-order valence-corrected chi connectivity index (χ4v) is 1.33. The SMILES string of the molecule is Fc1cc(C=CCCBr)cc(F)c1Cl. The molecule has 0 saturated carbocycles. The third-order valence-corrected chi connectivity index (χ3v) is 2.41. The van der Waals surface area contributed by atoms with Crippen molar-refractivity contribution in [3.63, 3.8) is 0 Å². The fourth-order valence-electron chi connectivity index (χ4n) is 0.954. The van der Waals surface area contributed by atoms with Crippen molar-refractivity contribution in [2.45, 2.75) is 6.42 Å². The van der Waals surface area contributed by atoms with E-state index in [0.717, 1.165) is 11.8 Å². The largest absolute Gasteiger partial charge is 0.205 e. The molecule has 4 heteroatoms. The molecule has 0 aliphatic rings. The van der Waals surface area contributed by atoms with Crippen molar-refractivity contribution in [3.05, 3.63) is 40.4 Å². The molecule has 0 atom stereocenters. The number of hydrogen-bond acceptors (Lipinski definition) is 0. The summed E-state index contributed by atoms with van der Waals surface area (Å²) >= 11 is 8.57. The van der Waals surface area contributed by atoms with Gasteiger partial charge >= 0.3 is 0 Å². The summed E-state index contributed by atoms with van der Waals surface area (Å²) in [6.07, 6.45) is 4.30. The van der Waals surface area contributed by atoms with Crippen LogP contribution in [0.1, 0.15) is 12.0 Å². The van der Waals surface area contributed by atoms with E-state index in [1.54, 1.807) is 6.08 Å². The lowest BCUT2D eigenvalue weighted by Crippen LogP contribution is -1.85. The first-order valence-corrected chi connectivity index (χ1v) is 5.52. The Hall–Kier alpha value is -0.410. The summed E-state index contributed by atoms with van der Waals surface area (Å²) in [6.45, 7) is 0. The maximum absolute atomic E-state index is 12.9. The van der Waals surface area contributed by atoms with Gasteiger partial charge in [0.05, 0.1) is 0 Å². The van der Waals surface area contributed by atoms with Gasteiger partial charge in [-0.2, -0.15) is 0 Å². The van der Waals surface area contributed by atoms with Gasteiger partial charge in [-0.1, -0.05) is 39.7 Å². The average Bonchev–Trinajstić information content (AvgIpc) is 2.14. The van der Waals surface area contributed by atoms with Gasteiger partial charge in [0.2, 0.25) is 0 Å². The van der Waals surface area contributed by atoms with E-state index in [9.17, 15) is 8.78 Å². The number of benzene rings is 1. The molecular formula is C10H8BrClF2. The molecule has 14 heavy (non-hydrogen) atoms. The number of hydrogen-bond donors (Lipinski definition) is 0. The van der Waals surface area contributed by atoms with Crippen molar-refractivity contribution < 1.29 is 8.78 Å². The summed E-state index contributed by atoms with van der Waals surface area (Å²) < 4.78 is 25.9. The molecule has 0 aliphatic carbocycles. The molecule has 0 saturated heterocycles. The highest BCUT2D eigenvalue weighted by atomic mass is 79.9. The fraction of sp³-hybridized carbons (Fsp3) is 0.200. The molecule has 1 aromatic carbocycles. The molecule has 0 spiro atoms. The van der Waals surface area contributed by atoms with Crippen molar-refractivity contribution in [1.82, 2.24) is 0 Å². The lowest BCUT2D eigenvalue weighted by atomic mass is 10.2. The average molecular weight is 282 g/mol. The summed E-state index contributed by atoms with van der Waals surface area (Å²) in [4.78, 5) is 0. The molecule has 0 nitrogen and oxygen atoms in total. The van der Waals surface area contributed by atoms with Crippen LogP contribution in [0.15, 0.2) is 18.2 Å². The van der Waals surface area contributed by atoms with Gasteiger partial charge in [0.25, 0.3) is 0 Å². The van der Waals surface area contributed by atoms with Crippen LogP contribution in [-0.4, -0.2) is 5.33 Å². The van der Waals surface area contributed by atoms with Gasteiger partial charge in [-0.25, -0.2) is 8.78 Å². The van der Waals surface area contributed by atoms with Gasteiger partial charge in [-0.05, 0) is 24.1 Å². The van der Waals surface area contributed by atoms with Gasteiger partial charge in [0.1, 0.15) is 16.7 Å². The molecule has 0 aliphatic heterocycles. The third-order valence-electron chi connectivity index (χ3n) is 1.59. The molecule has 0 unspecified atom stereocenters. The predicted octanol–water partition coefficient (Wildman–Crippen LogP) is 4.42. The monoisotopic (exact) mass is 280 g/mol. The number of alkyl halides is 1. The van der Waals surface area contributed by atoms with E-state index in [1.807, 2.05) is 6.08 Å². The molecule has 0 N–H and O–H groups in total. The minimum absolute atomic E-state index is 0.456. The maximum Gasteiger partial charge on any atom is 0.145 e. The standard InChI is InChI=1S/C10H8BrClF2/c11-4-2-1-3-7-5-8(13)10(12)9(14)6-7/h1,3,5-6H,2,4H2. The Balaban J connectivity index is 2.89. The van der Waals surface area contributed by atoms with Gasteiger partial charge in [0, 0.05) is 5.33 Å². The van der Waals surface area contributed by atoms with E-state index in [0.29, 0.717) is 5.56 Å². The third kappa shape index (κ3) is 3.07. The van der Waals surface area contributed by atoms with Crippen LogP contribution in [0.3, 0.4) is 0 Å². The first-order chi connectivity index (χ1) is 6.65. The minimum atomic E-state index is -0.731. The second-order valence-corrected chi connectivity index (χ2v) is 3.85. The highest BCUT2D eigenvalue weighted by Gasteiger charge is 2.06.